The minimum Gasteiger partial charge on any atom is -0.449 e. The average Bonchev–Trinajstić information content (AvgIpc) is 1.65. The zero-order valence-corrected chi connectivity index (χ0v) is 76.6. The number of oxazole rings is 1. The molecule has 0 aliphatic rings. The van der Waals surface area contributed by atoms with Gasteiger partial charge in [-0.1, -0.05) is 234 Å². The number of pyridine rings is 7. The molecule has 0 saturated heterocycles. The van der Waals surface area contributed by atoms with Crippen LogP contribution in [-0.4, -0.2) is 68.4 Å². The van der Waals surface area contributed by atoms with Gasteiger partial charge in [0.25, 0.3) is 0 Å². The van der Waals surface area contributed by atoms with Crippen LogP contribution in [0.2, 0.25) is 0 Å². The smallest absolute Gasteiger partial charge is 0.190 e. The summed E-state index contributed by atoms with van der Waals surface area (Å²) in [6.07, 6.45) is 23.9. The zero-order chi connectivity index (χ0) is 87.1. The molecular weight excluding hydrogens is 1430 g/mol. The van der Waals surface area contributed by atoms with Crippen LogP contribution in [0.25, 0.3) is 65.4 Å². The summed E-state index contributed by atoms with van der Waals surface area (Å²) in [6.45, 7) is 62.4. The van der Waals surface area contributed by atoms with E-state index in [1.165, 1.54) is 82.3 Å². The molecule has 0 amide bonds. The number of imidazole rings is 2. The summed E-state index contributed by atoms with van der Waals surface area (Å²) in [5.41, 5.74) is 15.3. The predicted octanol–water partition coefficient (Wildman–Crippen LogP) is 28.7. The van der Waals surface area contributed by atoms with Gasteiger partial charge in [0.1, 0.15) is 29.2 Å². The van der Waals surface area contributed by atoms with Gasteiger partial charge in [-0.2, -0.15) is 0 Å². The molecule has 0 aliphatic heterocycles. The van der Waals surface area contributed by atoms with Crippen LogP contribution < -0.4 is 0 Å². The fraction of sp³-hybridized carbons (Fsp3) is 0.323. The zero-order valence-electron chi connectivity index (χ0n) is 75.8. The maximum Gasteiger partial charge on any atom is 0.190 e. The number of thiazole rings is 1. The minimum absolute atomic E-state index is 0.718. The molecule has 0 radical (unpaired) electrons. The van der Waals surface area contributed by atoms with E-state index in [1.54, 1.807) is 36.9 Å². The van der Waals surface area contributed by atoms with E-state index in [2.05, 4.69) is 185 Å². The molecule has 0 aliphatic carbocycles. The van der Waals surface area contributed by atoms with Crippen molar-refractivity contribution in [1.82, 2.24) is 68.4 Å². The van der Waals surface area contributed by atoms with Crippen molar-refractivity contribution in [3.63, 3.8) is 0 Å². The Hall–Kier alpha value is -11.5. The van der Waals surface area contributed by atoms with E-state index in [-0.39, 0.29) is 0 Å². The van der Waals surface area contributed by atoms with Crippen molar-refractivity contribution < 1.29 is 4.42 Å². The molecular formula is C99H138N14OS. The molecule has 16 heteroatoms. The number of benzene rings is 5. The topological polar surface area (TPSA) is 169 Å². The molecule has 0 bridgehead atoms. The number of aryl methyl sites for hydroxylation is 13. The van der Waals surface area contributed by atoms with Crippen molar-refractivity contribution in [3.8, 4) is 0 Å². The van der Waals surface area contributed by atoms with Crippen LogP contribution in [0.15, 0.2) is 260 Å². The van der Waals surface area contributed by atoms with Crippen LogP contribution >= 0.6 is 11.3 Å². The number of hydrogen-bond acceptors (Lipinski definition) is 13. The number of rotatable bonds is 0. The lowest BCUT2D eigenvalue weighted by Gasteiger charge is -1.98. The second kappa shape index (κ2) is 65.0. The predicted molar refractivity (Wildman–Crippen MR) is 502 cm³/mol. The summed E-state index contributed by atoms with van der Waals surface area (Å²) in [5.74, 6) is 2.64. The number of fused-ring (bicyclic) bond motifs is 7. The lowest BCUT2D eigenvalue weighted by molar-refractivity contribution is 0.521. The van der Waals surface area contributed by atoms with Gasteiger partial charge in [-0.25, -0.2) is 15.0 Å². The molecule has 0 saturated carbocycles. The van der Waals surface area contributed by atoms with Gasteiger partial charge >= 0.3 is 0 Å². The summed E-state index contributed by atoms with van der Waals surface area (Å²) >= 11 is 1.67. The lowest BCUT2D eigenvalue weighted by atomic mass is 10.1. The fourth-order valence-electron chi connectivity index (χ4n) is 9.89. The van der Waals surface area contributed by atoms with E-state index < -0.39 is 0 Å². The summed E-state index contributed by atoms with van der Waals surface area (Å²) in [4.78, 5) is 37.2. The van der Waals surface area contributed by atoms with Crippen LogP contribution in [0, 0.1) is 90.0 Å². The lowest BCUT2D eigenvalue weighted by Crippen LogP contribution is -1.92. The molecule has 15 nitrogen and oxygen atoms in total. The van der Waals surface area contributed by atoms with Crippen molar-refractivity contribution in [1.29, 1.82) is 0 Å². The fourth-order valence-corrected chi connectivity index (χ4v) is 10.3. The second-order valence-corrected chi connectivity index (χ2v) is 23.8. The molecule has 0 atom stereocenters. The van der Waals surface area contributed by atoms with Gasteiger partial charge in [-0.15, -0.1) is 21.5 Å². The third kappa shape index (κ3) is 37.4. The van der Waals surface area contributed by atoms with Crippen molar-refractivity contribution in [2.75, 3.05) is 0 Å². The van der Waals surface area contributed by atoms with E-state index in [1.807, 2.05) is 335 Å². The Bertz CT molecular complexity index is 4610. The largest absolute Gasteiger partial charge is 0.449 e. The summed E-state index contributed by atoms with van der Waals surface area (Å²) < 4.78 is 10.9. The average molecular weight is 1570 g/mol. The Morgan fingerprint density at radius 3 is 1.17 bits per heavy atom. The van der Waals surface area contributed by atoms with Crippen molar-refractivity contribution in [2.24, 2.45) is 7.05 Å². The van der Waals surface area contributed by atoms with Gasteiger partial charge in [0.15, 0.2) is 5.89 Å². The highest BCUT2D eigenvalue weighted by atomic mass is 32.1. The Labute approximate surface area is 696 Å². The van der Waals surface area contributed by atoms with Gasteiger partial charge in [-0.05, 0) is 188 Å². The standard InChI is InChI=1S/5C10H9N.2C9H10N2.C5H9N3.C4H5NO.C4H5NS.9C2H6/c1-8-4-2-6-10-9(8)5-3-7-11-10;1-8-3-2-4-9-7-11-6-5-10(8)9;1-8-3-2-4-9-5-6-11-7-10(8)9;1-8-6-11-7-9-4-2-3-5-10(8)9;1-8-6-7-11-10-5-3-2-4-9(8)10;2*1-7-8(2)11-6-4-3-5-9(11)10-7;1-4-6-7-5(2)8(4)3;2*1-4-5-2-3-6-4;9*1-2/h5*2-7H,1H3;2*3-6H,1-2H3;1-3H3;2*2-3H,1H3;9*1-2H3. The van der Waals surface area contributed by atoms with E-state index in [9.17, 15) is 0 Å². The first kappa shape index (κ1) is 106. The molecule has 12 aromatic heterocycles. The van der Waals surface area contributed by atoms with E-state index in [0.29, 0.717) is 0 Å². The van der Waals surface area contributed by atoms with Crippen molar-refractivity contribution in [3.05, 3.63) is 329 Å². The molecule has 17 rings (SSSR count). The van der Waals surface area contributed by atoms with Gasteiger partial charge in [0.05, 0.1) is 33.6 Å². The summed E-state index contributed by atoms with van der Waals surface area (Å²) in [7, 11) is 1.95. The van der Waals surface area contributed by atoms with Gasteiger partial charge in [0.2, 0.25) is 0 Å². The van der Waals surface area contributed by atoms with Crippen LogP contribution in [-0.2, 0) is 7.05 Å². The quantitative estimate of drug-likeness (QED) is 0.141. The number of aromatic nitrogens is 14. The molecule has 5 aromatic carbocycles. The first-order chi connectivity index (χ1) is 56.0. The number of nitrogens with zero attached hydrogens (tertiary/aromatic N) is 14. The van der Waals surface area contributed by atoms with E-state index >= 15 is 0 Å². The first-order valence-corrected chi connectivity index (χ1v) is 41.7. The van der Waals surface area contributed by atoms with E-state index in [0.717, 1.165) is 56.3 Å². The summed E-state index contributed by atoms with van der Waals surface area (Å²) in [5, 5.41) is 20.8. The van der Waals surface area contributed by atoms with E-state index in [4.69, 9.17) is 4.42 Å². The third-order valence-corrected chi connectivity index (χ3v) is 16.5. The maximum atomic E-state index is 4.72. The molecule has 616 valence electrons. The van der Waals surface area contributed by atoms with Crippen molar-refractivity contribution in [2.45, 2.75) is 215 Å². The number of hydrogen-bond donors (Lipinski definition) is 0. The van der Waals surface area contributed by atoms with Crippen LogP contribution in [0.3, 0.4) is 0 Å². The molecule has 12 heterocycles. The molecule has 115 heavy (non-hydrogen) atoms. The molecule has 17 aromatic rings. The van der Waals surface area contributed by atoms with Crippen LogP contribution in [0.5, 0.6) is 0 Å². The first-order valence-electron chi connectivity index (χ1n) is 40.8. The van der Waals surface area contributed by atoms with Gasteiger partial charge in [0, 0.05) is 126 Å². The Balaban J connectivity index is 0. The minimum atomic E-state index is 0.718. The Kier molecular flexibility index (Phi) is 59.6. The maximum absolute atomic E-state index is 4.72. The van der Waals surface area contributed by atoms with Crippen LogP contribution in [0.1, 0.15) is 198 Å². The number of para-hydroxylation sites is 1. The van der Waals surface area contributed by atoms with Crippen LogP contribution in [0.4, 0.5) is 0 Å². The normalized spacial score (nSPS) is 9.04. The van der Waals surface area contributed by atoms with Gasteiger partial charge in [-0.3, -0.25) is 29.9 Å². The molecule has 0 N–H and O–H groups in total. The highest BCUT2D eigenvalue weighted by Crippen LogP contribution is 2.20. The summed E-state index contributed by atoms with van der Waals surface area (Å²) in [6, 6.07) is 57.4. The van der Waals surface area contributed by atoms with Gasteiger partial charge < -0.3 is 17.8 Å². The molecule has 0 fully saturated rings. The van der Waals surface area contributed by atoms with Crippen molar-refractivity contribution >= 4 is 76.8 Å². The third-order valence-electron chi connectivity index (χ3n) is 15.8. The SMILES string of the molecule is CC.CC.CC.CC.CC.CC.CC.CC.CC.Cc1cccc2ccncc12.Cc1cccc2cnccc12.Cc1cccc2ncccc12.Cc1ccnc2ccccc12.Cc1cncc2ccccc12.Cc1nc2ccccn2c1C.Cc1nc2ccccn2c1C.Cc1ncco1.Cc1nccs1.Cc1nnc(C)n1C. The Morgan fingerprint density at radius 1 is 0.304 bits per heavy atom. The monoisotopic (exact) mass is 1570 g/mol. The molecule has 0 unspecified atom stereocenters. The molecule has 0 spiro atoms. The highest BCUT2D eigenvalue weighted by Gasteiger charge is 2.03. The Morgan fingerprint density at radius 2 is 0.722 bits per heavy atom. The highest BCUT2D eigenvalue weighted by molar-refractivity contribution is 7.09. The second-order valence-electron chi connectivity index (χ2n) is 22.7.